The number of piperidine rings is 1. The summed E-state index contributed by atoms with van der Waals surface area (Å²) >= 11 is 1.71. The van der Waals surface area contributed by atoms with Crippen molar-refractivity contribution in [3.05, 3.63) is 29.6 Å². The number of nitrogens with zero attached hydrogens (tertiary/aromatic N) is 2. The first kappa shape index (κ1) is 15.3. The maximum absolute atomic E-state index is 12.4. The number of likely N-dealkylation sites (tertiary alicyclic amines) is 1. The van der Waals surface area contributed by atoms with Crippen molar-refractivity contribution in [2.24, 2.45) is 0 Å². The van der Waals surface area contributed by atoms with E-state index >= 15 is 0 Å². The lowest BCUT2D eigenvalue weighted by Crippen LogP contribution is -2.44. The van der Waals surface area contributed by atoms with E-state index in [1.165, 1.54) is 0 Å². The third kappa shape index (κ3) is 3.96. The largest absolute Gasteiger partial charge is 0.348 e. The van der Waals surface area contributed by atoms with Crippen LogP contribution in [-0.4, -0.2) is 47.7 Å². The Bertz CT molecular complexity index is 444. The molecule has 1 aliphatic rings. The first-order valence-corrected chi connectivity index (χ1v) is 8.60. The average Bonchev–Trinajstić information content (AvgIpc) is 2.49. The van der Waals surface area contributed by atoms with Gasteiger partial charge in [0.1, 0.15) is 5.69 Å². The molecule has 0 atom stereocenters. The number of aromatic nitrogens is 1. The zero-order chi connectivity index (χ0) is 14.4. The van der Waals surface area contributed by atoms with E-state index in [1.807, 2.05) is 18.4 Å². The summed E-state index contributed by atoms with van der Waals surface area (Å²) in [6.07, 6.45) is 5.79. The Balaban J connectivity index is 1.95. The molecule has 0 unspecified atom stereocenters. The molecule has 1 aromatic heterocycles. The van der Waals surface area contributed by atoms with Crippen molar-refractivity contribution in [1.29, 1.82) is 0 Å². The van der Waals surface area contributed by atoms with E-state index in [1.54, 1.807) is 18.0 Å². The predicted octanol–water partition coefficient (Wildman–Crippen LogP) is 2.16. The number of hydrogen-bond acceptors (Lipinski definition) is 4. The number of carbonyl (C=O) groups is 1. The van der Waals surface area contributed by atoms with Crippen LogP contribution in [0.3, 0.4) is 0 Å². The van der Waals surface area contributed by atoms with Crippen LogP contribution in [0.4, 0.5) is 0 Å². The van der Waals surface area contributed by atoms with Gasteiger partial charge in [-0.2, -0.15) is 11.8 Å². The van der Waals surface area contributed by atoms with E-state index in [9.17, 15) is 4.79 Å². The summed E-state index contributed by atoms with van der Waals surface area (Å²) < 4.78 is 0. The molecule has 110 valence electrons. The molecule has 5 heteroatoms. The quantitative estimate of drug-likeness (QED) is 0.903. The fraction of sp³-hybridized carbons (Fsp3) is 0.600. The molecule has 0 radical (unpaired) electrons. The third-order valence-corrected chi connectivity index (χ3v) is 4.38. The number of nitrogens with one attached hydrogen (secondary N) is 1. The Kier molecular flexibility index (Phi) is 5.86. The van der Waals surface area contributed by atoms with Gasteiger partial charge in [0.2, 0.25) is 0 Å². The van der Waals surface area contributed by atoms with Gasteiger partial charge >= 0.3 is 0 Å². The zero-order valence-electron chi connectivity index (χ0n) is 12.3. The highest BCUT2D eigenvalue weighted by Gasteiger charge is 2.21. The summed E-state index contributed by atoms with van der Waals surface area (Å²) in [5.74, 6) is 0.801. The maximum Gasteiger partial charge on any atom is 0.270 e. The molecule has 0 spiro atoms. The van der Waals surface area contributed by atoms with Crippen molar-refractivity contribution in [2.75, 3.05) is 25.9 Å². The van der Waals surface area contributed by atoms with E-state index in [0.717, 1.165) is 43.8 Å². The Hall–Kier alpha value is -1.07. The van der Waals surface area contributed by atoms with Crippen LogP contribution in [0.2, 0.25) is 0 Å². The number of carbonyl (C=O) groups excluding carboxylic acids is 1. The Morgan fingerprint density at radius 2 is 2.25 bits per heavy atom. The lowest BCUT2D eigenvalue weighted by Gasteiger charge is -2.31. The van der Waals surface area contributed by atoms with Crippen molar-refractivity contribution in [2.45, 2.75) is 31.6 Å². The molecule has 2 rings (SSSR count). The zero-order valence-corrected chi connectivity index (χ0v) is 13.1. The Labute approximate surface area is 125 Å². The fourth-order valence-electron chi connectivity index (χ4n) is 2.56. The minimum atomic E-state index is -0.0235. The van der Waals surface area contributed by atoms with Crippen LogP contribution < -0.4 is 5.32 Å². The van der Waals surface area contributed by atoms with Crippen molar-refractivity contribution >= 4 is 17.7 Å². The molecule has 0 aromatic carbocycles. The molecule has 1 aliphatic heterocycles. The van der Waals surface area contributed by atoms with Gasteiger partial charge in [-0.15, -0.1) is 0 Å². The Morgan fingerprint density at radius 3 is 2.90 bits per heavy atom. The molecule has 1 fully saturated rings. The fourth-order valence-corrected chi connectivity index (χ4v) is 3.11. The van der Waals surface area contributed by atoms with Gasteiger partial charge < -0.3 is 10.2 Å². The van der Waals surface area contributed by atoms with E-state index in [4.69, 9.17) is 0 Å². The van der Waals surface area contributed by atoms with Gasteiger partial charge in [-0.05, 0) is 37.3 Å². The second-order valence-electron chi connectivity index (χ2n) is 5.13. The highest BCUT2D eigenvalue weighted by molar-refractivity contribution is 7.97. The molecule has 1 N–H and O–H groups in total. The summed E-state index contributed by atoms with van der Waals surface area (Å²) in [6.45, 7) is 5.42. The lowest BCUT2D eigenvalue weighted by molar-refractivity contribution is 0.0907. The summed E-state index contributed by atoms with van der Waals surface area (Å²) in [5, 5.41) is 3.14. The molecule has 1 aromatic rings. The maximum atomic E-state index is 12.4. The number of amides is 1. The molecule has 0 saturated carbocycles. The summed E-state index contributed by atoms with van der Waals surface area (Å²) in [5.41, 5.74) is 1.60. The second kappa shape index (κ2) is 7.64. The van der Waals surface area contributed by atoms with Crippen molar-refractivity contribution in [3.8, 4) is 0 Å². The Morgan fingerprint density at radius 1 is 1.50 bits per heavy atom. The molecule has 1 amide bonds. The molecule has 0 aliphatic carbocycles. The van der Waals surface area contributed by atoms with Gasteiger partial charge in [0, 0.05) is 31.1 Å². The number of thioether (sulfide) groups is 1. The number of hydrogen-bond donors (Lipinski definition) is 1. The molecular weight excluding hydrogens is 270 g/mol. The summed E-state index contributed by atoms with van der Waals surface area (Å²) in [7, 11) is 0. The lowest BCUT2D eigenvalue weighted by atomic mass is 10.0. The molecule has 20 heavy (non-hydrogen) atoms. The molecule has 1 saturated heterocycles. The van der Waals surface area contributed by atoms with Crippen molar-refractivity contribution in [3.63, 3.8) is 0 Å². The van der Waals surface area contributed by atoms with Crippen LogP contribution in [0, 0.1) is 0 Å². The van der Waals surface area contributed by atoms with E-state index in [2.05, 4.69) is 22.1 Å². The molecular formula is C15H23N3OS. The SMILES string of the molecule is CCN1CCC(NC(=O)c2ncccc2CSC)CC1. The first-order chi connectivity index (χ1) is 9.74. The second-order valence-corrected chi connectivity index (χ2v) is 5.99. The van der Waals surface area contributed by atoms with Crippen molar-refractivity contribution in [1.82, 2.24) is 15.2 Å². The van der Waals surface area contributed by atoms with Gasteiger partial charge in [-0.25, -0.2) is 0 Å². The van der Waals surface area contributed by atoms with Gasteiger partial charge in [0.25, 0.3) is 5.91 Å². The smallest absolute Gasteiger partial charge is 0.270 e. The topological polar surface area (TPSA) is 45.2 Å². The van der Waals surface area contributed by atoms with Crippen LogP contribution in [-0.2, 0) is 5.75 Å². The summed E-state index contributed by atoms with van der Waals surface area (Å²) in [6, 6.07) is 4.16. The van der Waals surface area contributed by atoms with Gasteiger partial charge in [0.15, 0.2) is 0 Å². The van der Waals surface area contributed by atoms with Gasteiger partial charge in [0.05, 0.1) is 0 Å². The number of pyridine rings is 1. The van der Waals surface area contributed by atoms with Crippen molar-refractivity contribution < 1.29 is 4.79 Å². The summed E-state index contributed by atoms with van der Waals surface area (Å²) in [4.78, 5) is 19.0. The highest BCUT2D eigenvalue weighted by atomic mass is 32.2. The third-order valence-electron chi connectivity index (χ3n) is 3.78. The van der Waals surface area contributed by atoms with E-state index in [-0.39, 0.29) is 11.9 Å². The molecule has 4 nitrogen and oxygen atoms in total. The highest BCUT2D eigenvalue weighted by Crippen LogP contribution is 2.14. The van der Waals surface area contributed by atoms with Crippen LogP contribution in [0.25, 0.3) is 0 Å². The molecule has 2 heterocycles. The number of rotatable bonds is 5. The first-order valence-electron chi connectivity index (χ1n) is 7.20. The minimum absolute atomic E-state index is 0.0235. The van der Waals surface area contributed by atoms with E-state index in [0.29, 0.717) is 5.69 Å². The van der Waals surface area contributed by atoms with Gasteiger partial charge in [-0.1, -0.05) is 13.0 Å². The predicted molar refractivity (Wildman–Crippen MR) is 84.1 cm³/mol. The molecule has 0 bridgehead atoms. The van der Waals surface area contributed by atoms with E-state index < -0.39 is 0 Å². The average molecular weight is 293 g/mol. The monoisotopic (exact) mass is 293 g/mol. The van der Waals surface area contributed by atoms with Crippen LogP contribution in [0.15, 0.2) is 18.3 Å². The minimum Gasteiger partial charge on any atom is -0.348 e. The standard InChI is InChI=1S/C15H23N3OS/c1-3-18-9-6-13(7-10-18)17-15(19)14-12(11-20-2)5-4-8-16-14/h4-5,8,13H,3,6-7,9-11H2,1-2H3,(H,17,19). The van der Waals surface area contributed by atoms with Crippen LogP contribution >= 0.6 is 11.8 Å². The van der Waals surface area contributed by atoms with Crippen LogP contribution in [0.5, 0.6) is 0 Å². The van der Waals surface area contributed by atoms with Gasteiger partial charge in [-0.3, -0.25) is 9.78 Å². The normalized spacial score (nSPS) is 17.1. The van der Waals surface area contributed by atoms with Crippen LogP contribution in [0.1, 0.15) is 35.8 Å².